The van der Waals surface area contributed by atoms with Gasteiger partial charge >= 0.3 is 6.16 Å². The first-order chi connectivity index (χ1) is 5.27. The molecule has 1 N–H and O–H groups in total. The highest BCUT2D eigenvalue weighted by molar-refractivity contribution is 14.1. The summed E-state index contributed by atoms with van der Waals surface area (Å²) in [7, 11) is 0. The van der Waals surface area contributed by atoms with Gasteiger partial charge in [-0.25, -0.2) is 4.79 Å². The standard InChI is InChI=1S/C7H13IO3/c8-5-3-1-2-4-6-11-7(9)10/h1-6H2,(H,9,10). The lowest BCUT2D eigenvalue weighted by atomic mass is 10.2. The summed E-state index contributed by atoms with van der Waals surface area (Å²) < 4.78 is 5.51. The van der Waals surface area contributed by atoms with Crippen LogP contribution in [0.2, 0.25) is 0 Å². The van der Waals surface area contributed by atoms with Crippen molar-refractivity contribution < 1.29 is 14.6 Å². The quantitative estimate of drug-likeness (QED) is 0.350. The van der Waals surface area contributed by atoms with Crippen LogP contribution in [-0.2, 0) is 4.74 Å². The Bertz CT molecular complexity index is 106. The first-order valence-corrected chi connectivity index (χ1v) is 5.21. The molecule has 0 saturated carbocycles. The number of hydrogen-bond donors (Lipinski definition) is 1. The summed E-state index contributed by atoms with van der Waals surface area (Å²) in [6.07, 6.45) is 3.14. The van der Waals surface area contributed by atoms with Gasteiger partial charge in [0.25, 0.3) is 0 Å². The zero-order valence-corrected chi connectivity index (χ0v) is 8.54. The minimum Gasteiger partial charge on any atom is -0.450 e. The second-order valence-electron chi connectivity index (χ2n) is 2.22. The van der Waals surface area contributed by atoms with E-state index in [1.165, 1.54) is 17.3 Å². The highest BCUT2D eigenvalue weighted by Crippen LogP contribution is 2.02. The van der Waals surface area contributed by atoms with E-state index in [-0.39, 0.29) is 0 Å². The van der Waals surface area contributed by atoms with Crippen LogP contribution in [0.3, 0.4) is 0 Å². The number of carbonyl (C=O) groups is 1. The third-order valence-corrected chi connectivity index (χ3v) is 2.02. The van der Waals surface area contributed by atoms with E-state index in [0.29, 0.717) is 6.61 Å². The largest absolute Gasteiger partial charge is 0.505 e. The van der Waals surface area contributed by atoms with Crippen LogP contribution in [0.15, 0.2) is 0 Å². The Morgan fingerprint density at radius 3 is 2.45 bits per heavy atom. The molecular weight excluding hydrogens is 259 g/mol. The van der Waals surface area contributed by atoms with Gasteiger partial charge < -0.3 is 9.84 Å². The summed E-state index contributed by atoms with van der Waals surface area (Å²) in [5, 5.41) is 8.09. The second-order valence-corrected chi connectivity index (χ2v) is 3.30. The number of halogens is 1. The molecular formula is C7H13IO3. The Morgan fingerprint density at radius 1 is 1.27 bits per heavy atom. The van der Waals surface area contributed by atoms with Crippen molar-refractivity contribution in [1.29, 1.82) is 0 Å². The molecule has 3 nitrogen and oxygen atoms in total. The minimum absolute atomic E-state index is 0.344. The molecule has 0 radical (unpaired) electrons. The van der Waals surface area contributed by atoms with E-state index in [0.717, 1.165) is 12.8 Å². The molecule has 0 heterocycles. The average Bonchev–Trinajstić information content (AvgIpc) is 1.96. The Kier molecular flexibility index (Phi) is 8.10. The van der Waals surface area contributed by atoms with Crippen LogP contribution in [0.1, 0.15) is 25.7 Å². The van der Waals surface area contributed by atoms with Gasteiger partial charge in [0.15, 0.2) is 0 Å². The van der Waals surface area contributed by atoms with Crippen molar-refractivity contribution in [2.45, 2.75) is 25.7 Å². The van der Waals surface area contributed by atoms with Gasteiger partial charge in [-0.3, -0.25) is 0 Å². The maximum atomic E-state index is 9.86. The van der Waals surface area contributed by atoms with Crippen molar-refractivity contribution in [1.82, 2.24) is 0 Å². The van der Waals surface area contributed by atoms with E-state index in [1.54, 1.807) is 0 Å². The fourth-order valence-corrected chi connectivity index (χ4v) is 1.25. The molecule has 0 aliphatic heterocycles. The summed E-state index contributed by atoms with van der Waals surface area (Å²) in [6.45, 7) is 0.344. The maximum absolute atomic E-state index is 9.86. The SMILES string of the molecule is O=C(O)OCCCCCCI. The van der Waals surface area contributed by atoms with Crippen LogP contribution in [-0.4, -0.2) is 22.3 Å². The first kappa shape index (κ1) is 11.0. The molecule has 0 aliphatic carbocycles. The lowest BCUT2D eigenvalue weighted by Crippen LogP contribution is -2.01. The van der Waals surface area contributed by atoms with E-state index in [2.05, 4.69) is 27.3 Å². The monoisotopic (exact) mass is 272 g/mol. The molecule has 0 bridgehead atoms. The van der Waals surface area contributed by atoms with Crippen LogP contribution < -0.4 is 0 Å². The molecule has 0 aromatic carbocycles. The van der Waals surface area contributed by atoms with E-state index < -0.39 is 6.16 Å². The van der Waals surface area contributed by atoms with Crippen molar-refractivity contribution >= 4 is 28.7 Å². The van der Waals surface area contributed by atoms with Gasteiger partial charge in [-0.1, -0.05) is 35.4 Å². The molecule has 66 valence electrons. The Labute approximate surface area is 80.3 Å². The second kappa shape index (κ2) is 8.10. The summed E-state index contributed by atoms with van der Waals surface area (Å²) in [4.78, 5) is 9.86. The first-order valence-electron chi connectivity index (χ1n) is 3.69. The topological polar surface area (TPSA) is 46.5 Å². The van der Waals surface area contributed by atoms with Gasteiger partial charge in [0.1, 0.15) is 0 Å². The average molecular weight is 272 g/mol. The van der Waals surface area contributed by atoms with Crippen molar-refractivity contribution in [3.8, 4) is 0 Å². The molecule has 11 heavy (non-hydrogen) atoms. The van der Waals surface area contributed by atoms with Crippen molar-refractivity contribution in [3.05, 3.63) is 0 Å². The molecule has 0 spiro atoms. The van der Waals surface area contributed by atoms with E-state index in [1.807, 2.05) is 0 Å². The van der Waals surface area contributed by atoms with Gasteiger partial charge in [0.05, 0.1) is 6.61 Å². The zero-order valence-electron chi connectivity index (χ0n) is 6.38. The third-order valence-electron chi connectivity index (χ3n) is 1.25. The molecule has 0 fully saturated rings. The Hall–Kier alpha value is 0. The number of rotatable bonds is 6. The van der Waals surface area contributed by atoms with E-state index in [9.17, 15) is 4.79 Å². The molecule has 0 aliphatic rings. The van der Waals surface area contributed by atoms with Crippen molar-refractivity contribution in [2.24, 2.45) is 0 Å². The van der Waals surface area contributed by atoms with Crippen LogP contribution >= 0.6 is 22.6 Å². The highest BCUT2D eigenvalue weighted by atomic mass is 127. The molecule has 0 rings (SSSR count). The fourth-order valence-electron chi connectivity index (χ4n) is 0.710. The number of unbranched alkanes of at least 4 members (excludes halogenated alkanes) is 3. The Balaban J connectivity index is 2.85. The third kappa shape index (κ3) is 10.0. The predicted molar refractivity (Wildman–Crippen MR) is 51.3 cm³/mol. The summed E-state index contributed by atoms with van der Waals surface area (Å²) >= 11 is 2.33. The molecule has 0 saturated heterocycles. The molecule has 0 unspecified atom stereocenters. The fraction of sp³-hybridized carbons (Fsp3) is 0.857. The molecule has 0 amide bonds. The van der Waals surface area contributed by atoms with Gasteiger partial charge in [0.2, 0.25) is 0 Å². The van der Waals surface area contributed by atoms with Crippen molar-refractivity contribution in [2.75, 3.05) is 11.0 Å². The number of carboxylic acid groups (broad SMARTS) is 1. The summed E-state index contributed by atoms with van der Waals surface area (Å²) in [5.41, 5.74) is 0. The lowest BCUT2D eigenvalue weighted by molar-refractivity contribution is 0.0900. The maximum Gasteiger partial charge on any atom is 0.505 e. The minimum atomic E-state index is -1.17. The van der Waals surface area contributed by atoms with Crippen LogP contribution in [0, 0.1) is 0 Å². The molecule has 0 atom stereocenters. The predicted octanol–water partition coefficient (Wildman–Crippen LogP) is 2.68. The van der Waals surface area contributed by atoms with Crippen molar-refractivity contribution in [3.63, 3.8) is 0 Å². The number of ether oxygens (including phenoxy) is 1. The summed E-state index contributed by atoms with van der Waals surface area (Å²) in [6, 6.07) is 0. The number of hydrogen-bond acceptors (Lipinski definition) is 2. The zero-order chi connectivity index (χ0) is 8.53. The van der Waals surface area contributed by atoms with Gasteiger partial charge in [-0.15, -0.1) is 0 Å². The van der Waals surface area contributed by atoms with Gasteiger partial charge in [0, 0.05) is 0 Å². The van der Waals surface area contributed by atoms with Gasteiger partial charge in [-0.2, -0.15) is 0 Å². The Morgan fingerprint density at radius 2 is 1.91 bits per heavy atom. The van der Waals surface area contributed by atoms with E-state index >= 15 is 0 Å². The van der Waals surface area contributed by atoms with Gasteiger partial charge in [-0.05, 0) is 17.3 Å². The molecule has 0 aromatic heterocycles. The van der Waals surface area contributed by atoms with E-state index in [4.69, 9.17) is 5.11 Å². The smallest absolute Gasteiger partial charge is 0.450 e. The summed E-state index contributed by atoms with van der Waals surface area (Å²) in [5.74, 6) is 0. The van der Waals surface area contributed by atoms with Crippen LogP contribution in [0.5, 0.6) is 0 Å². The lowest BCUT2D eigenvalue weighted by Gasteiger charge is -1.98. The van der Waals surface area contributed by atoms with Crippen LogP contribution in [0.4, 0.5) is 4.79 Å². The van der Waals surface area contributed by atoms with Crippen LogP contribution in [0.25, 0.3) is 0 Å². The number of alkyl halides is 1. The highest BCUT2D eigenvalue weighted by Gasteiger charge is 1.94. The molecule has 0 aromatic rings. The molecule has 4 heteroatoms. The normalized spacial score (nSPS) is 9.55.